The normalized spacial score (nSPS) is 10.5. The standard InChI is InChI=1S/C16H15ClF2N2O/c17-12-3-1-2-11(8-12)6-7-20-10-16(22)21-13-4-5-14(18)15(19)9-13/h1-5,8-9,20H,6-7,10H2,(H,21,22). The number of rotatable bonds is 6. The molecule has 6 heteroatoms. The Balaban J connectivity index is 1.72. The van der Waals surface area contributed by atoms with E-state index in [0.717, 1.165) is 24.1 Å². The van der Waals surface area contributed by atoms with Crippen LogP contribution in [0.15, 0.2) is 42.5 Å². The maximum Gasteiger partial charge on any atom is 0.238 e. The van der Waals surface area contributed by atoms with Crippen molar-refractivity contribution < 1.29 is 13.6 Å². The van der Waals surface area contributed by atoms with Crippen LogP contribution < -0.4 is 10.6 Å². The molecule has 0 aliphatic heterocycles. The molecule has 2 N–H and O–H groups in total. The van der Waals surface area contributed by atoms with E-state index < -0.39 is 11.6 Å². The van der Waals surface area contributed by atoms with Gasteiger partial charge in [0, 0.05) is 16.8 Å². The Hall–Kier alpha value is -1.98. The molecule has 0 unspecified atom stereocenters. The molecule has 0 radical (unpaired) electrons. The summed E-state index contributed by atoms with van der Waals surface area (Å²) in [4.78, 5) is 11.7. The number of carbonyl (C=O) groups is 1. The molecule has 2 aromatic rings. The molecule has 116 valence electrons. The van der Waals surface area contributed by atoms with Crippen molar-refractivity contribution in [1.82, 2.24) is 5.32 Å². The number of amides is 1. The van der Waals surface area contributed by atoms with Crippen LogP contribution in [0.4, 0.5) is 14.5 Å². The van der Waals surface area contributed by atoms with Crippen molar-refractivity contribution in [2.24, 2.45) is 0 Å². The molecule has 0 aromatic heterocycles. The summed E-state index contributed by atoms with van der Waals surface area (Å²) in [7, 11) is 0. The third-order valence-corrected chi connectivity index (χ3v) is 3.20. The minimum Gasteiger partial charge on any atom is -0.325 e. The van der Waals surface area contributed by atoms with E-state index in [0.29, 0.717) is 11.6 Å². The summed E-state index contributed by atoms with van der Waals surface area (Å²) in [5.74, 6) is -2.26. The largest absolute Gasteiger partial charge is 0.325 e. The minimum atomic E-state index is -0.994. The molecule has 0 aliphatic carbocycles. The van der Waals surface area contributed by atoms with E-state index in [1.807, 2.05) is 18.2 Å². The summed E-state index contributed by atoms with van der Waals surface area (Å²) >= 11 is 5.88. The predicted molar refractivity (Wildman–Crippen MR) is 83.0 cm³/mol. The topological polar surface area (TPSA) is 41.1 Å². The molecule has 0 heterocycles. The fourth-order valence-electron chi connectivity index (χ4n) is 1.91. The Morgan fingerprint density at radius 1 is 1.09 bits per heavy atom. The van der Waals surface area contributed by atoms with Crippen LogP contribution in [0.3, 0.4) is 0 Å². The number of hydrogen-bond donors (Lipinski definition) is 2. The van der Waals surface area contributed by atoms with Crippen molar-refractivity contribution in [3.05, 3.63) is 64.7 Å². The summed E-state index contributed by atoms with van der Waals surface area (Å²) in [6.07, 6.45) is 0.735. The van der Waals surface area contributed by atoms with Gasteiger partial charge in [0.05, 0.1) is 6.54 Å². The van der Waals surface area contributed by atoms with Crippen molar-refractivity contribution in [1.29, 1.82) is 0 Å². The molecule has 3 nitrogen and oxygen atoms in total. The second kappa shape index (κ2) is 7.87. The first-order chi connectivity index (χ1) is 10.5. The lowest BCUT2D eigenvalue weighted by Gasteiger charge is -2.07. The predicted octanol–water partition coefficient (Wildman–Crippen LogP) is 3.39. The number of nitrogens with one attached hydrogen (secondary N) is 2. The fraction of sp³-hybridized carbons (Fsp3) is 0.188. The second-order valence-electron chi connectivity index (χ2n) is 4.73. The maximum atomic E-state index is 13.0. The van der Waals surface area contributed by atoms with Crippen molar-refractivity contribution in [2.45, 2.75) is 6.42 Å². The Labute approximate surface area is 132 Å². The quantitative estimate of drug-likeness (QED) is 0.800. The van der Waals surface area contributed by atoms with E-state index in [-0.39, 0.29) is 18.1 Å². The van der Waals surface area contributed by atoms with Crippen LogP contribution in [-0.2, 0) is 11.2 Å². The van der Waals surface area contributed by atoms with E-state index in [1.54, 1.807) is 6.07 Å². The summed E-state index contributed by atoms with van der Waals surface area (Å²) in [6, 6.07) is 10.7. The average molecular weight is 325 g/mol. The van der Waals surface area contributed by atoms with Gasteiger partial charge < -0.3 is 10.6 Å². The zero-order chi connectivity index (χ0) is 15.9. The molecular weight excluding hydrogens is 310 g/mol. The van der Waals surface area contributed by atoms with Gasteiger partial charge >= 0.3 is 0 Å². The zero-order valence-electron chi connectivity index (χ0n) is 11.7. The van der Waals surface area contributed by atoms with Crippen LogP contribution in [0.5, 0.6) is 0 Å². The van der Waals surface area contributed by atoms with Gasteiger partial charge in [0.2, 0.25) is 5.91 Å². The Bertz CT molecular complexity index is 664. The van der Waals surface area contributed by atoms with Crippen LogP contribution in [0.25, 0.3) is 0 Å². The number of halogens is 3. The highest BCUT2D eigenvalue weighted by Crippen LogP contribution is 2.13. The smallest absolute Gasteiger partial charge is 0.238 e. The first kappa shape index (κ1) is 16.4. The molecule has 0 fully saturated rings. The molecular formula is C16H15ClF2N2O. The lowest BCUT2D eigenvalue weighted by Crippen LogP contribution is -2.29. The monoisotopic (exact) mass is 324 g/mol. The highest BCUT2D eigenvalue weighted by molar-refractivity contribution is 6.30. The van der Waals surface area contributed by atoms with Gasteiger partial charge in [0.1, 0.15) is 0 Å². The summed E-state index contributed by atoms with van der Waals surface area (Å²) in [6.45, 7) is 0.686. The first-order valence-electron chi connectivity index (χ1n) is 6.74. The Morgan fingerprint density at radius 2 is 1.91 bits per heavy atom. The van der Waals surface area contributed by atoms with Gasteiger partial charge in [-0.2, -0.15) is 0 Å². The SMILES string of the molecule is O=C(CNCCc1cccc(Cl)c1)Nc1ccc(F)c(F)c1. The molecule has 0 saturated heterocycles. The molecule has 0 aliphatic rings. The van der Waals surface area contributed by atoms with E-state index in [1.165, 1.54) is 6.07 Å². The summed E-state index contributed by atoms with van der Waals surface area (Å²) in [5, 5.41) is 6.14. The molecule has 2 rings (SSSR count). The van der Waals surface area contributed by atoms with Crippen molar-refractivity contribution >= 4 is 23.2 Å². The average Bonchev–Trinajstić information content (AvgIpc) is 2.48. The van der Waals surface area contributed by atoms with Gasteiger partial charge in [0.25, 0.3) is 0 Å². The van der Waals surface area contributed by atoms with E-state index in [2.05, 4.69) is 10.6 Å². The van der Waals surface area contributed by atoms with Crippen LogP contribution in [-0.4, -0.2) is 19.0 Å². The van der Waals surface area contributed by atoms with Crippen molar-refractivity contribution in [3.63, 3.8) is 0 Å². The summed E-state index contributed by atoms with van der Waals surface area (Å²) < 4.78 is 25.8. The van der Waals surface area contributed by atoms with Gasteiger partial charge in [-0.25, -0.2) is 8.78 Å². The molecule has 0 bridgehead atoms. The van der Waals surface area contributed by atoms with Gasteiger partial charge in [-0.15, -0.1) is 0 Å². The van der Waals surface area contributed by atoms with E-state index in [4.69, 9.17) is 11.6 Å². The van der Waals surface area contributed by atoms with Crippen LogP contribution in [0.2, 0.25) is 5.02 Å². The number of carbonyl (C=O) groups excluding carboxylic acids is 1. The summed E-state index contributed by atoms with van der Waals surface area (Å²) in [5.41, 5.74) is 1.29. The fourth-order valence-corrected chi connectivity index (χ4v) is 2.12. The highest BCUT2D eigenvalue weighted by atomic mass is 35.5. The molecule has 0 saturated carbocycles. The third-order valence-electron chi connectivity index (χ3n) is 2.97. The van der Waals surface area contributed by atoms with Crippen molar-refractivity contribution in [2.75, 3.05) is 18.4 Å². The Morgan fingerprint density at radius 3 is 2.64 bits per heavy atom. The zero-order valence-corrected chi connectivity index (χ0v) is 12.5. The minimum absolute atomic E-state index is 0.0829. The molecule has 0 spiro atoms. The molecule has 0 atom stereocenters. The maximum absolute atomic E-state index is 13.0. The highest BCUT2D eigenvalue weighted by Gasteiger charge is 2.06. The van der Waals surface area contributed by atoms with Crippen molar-refractivity contribution in [3.8, 4) is 0 Å². The van der Waals surface area contributed by atoms with Gasteiger partial charge in [-0.1, -0.05) is 23.7 Å². The van der Waals surface area contributed by atoms with Crippen LogP contribution in [0.1, 0.15) is 5.56 Å². The third kappa shape index (κ3) is 5.09. The Kier molecular flexibility index (Phi) is 5.86. The van der Waals surface area contributed by atoms with Gasteiger partial charge in [-0.3, -0.25) is 4.79 Å². The van der Waals surface area contributed by atoms with E-state index >= 15 is 0 Å². The van der Waals surface area contributed by atoms with Gasteiger partial charge in [-0.05, 0) is 42.8 Å². The van der Waals surface area contributed by atoms with Crippen LogP contribution in [0, 0.1) is 11.6 Å². The number of anilines is 1. The first-order valence-corrected chi connectivity index (χ1v) is 7.12. The second-order valence-corrected chi connectivity index (χ2v) is 5.17. The molecule has 1 amide bonds. The molecule has 22 heavy (non-hydrogen) atoms. The van der Waals surface area contributed by atoms with E-state index in [9.17, 15) is 13.6 Å². The number of benzene rings is 2. The molecule has 2 aromatic carbocycles. The lowest BCUT2D eigenvalue weighted by atomic mass is 10.1. The number of hydrogen-bond acceptors (Lipinski definition) is 2. The van der Waals surface area contributed by atoms with Gasteiger partial charge in [0.15, 0.2) is 11.6 Å². The lowest BCUT2D eigenvalue weighted by molar-refractivity contribution is -0.115. The van der Waals surface area contributed by atoms with Crippen LogP contribution >= 0.6 is 11.6 Å².